The summed E-state index contributed by atoms with van der Waals surface area (Å²) < 4.78 is 13.8. The number of carboxylic acids is 1. The highest BCUT2D eigenvalue weighted by Gasteiger charge is 2.26. The fourth-order valence-corrected chi connectivity index (χ4v) is 2.87. The molecule has 0 spiro atoms. The van der Waals surface area contributed by atoms with E-state index in [1.165, 1.54) is 6.07 Å². The monoisotopic (exact) mass is 330 g/mol. The SMILES string of the molecule is Cc1nc(Nc2ccccc2F)cc(N2CCCC(C(=O)O)C2)n1. The van der Waals surface area contributed by atoms with Crippen LogP contribution in [-0.2, 0) is 4.79 Å². The van der Waals surface area contributed by atoms with Crippen LogP contribution >= 0.6 is 0 Å². The number of halogens is 1. The van der Waals surface area contributed by atoms with Gasteiger partial charge in [-0.15, -0.1) is 0 Å². The third-order valence-electron chi connectivity index (χ3n) is 4.06. The lowest BCUT2D eigenvalue weighted by Crippen LogP contribution is -2.39. The average molecular weight is 330 g/mol. The van der Waals surface area contributed by atoms with Crippen molar-refractivity contribution in [1.29, 1.82) is 0 Å². The summed E-state index contributed by atoms with van der Waals surface area (Å²) in [4.78, 5) is 21.9. The van der Waals surface area contributed by atoms with Crippen LogP contribution in [0.25, 0.3) is 0 Å². The number of carboxylic acid groups (broad SMARTS) is 1. The van der Waals surface area contributed by atoms with Crippen LogP contribution in [0.3, 0.4) is 0 Å². The van der Waals surface area contributed by atoms with Crippen molar-refractivity contribution in [2.75, 3.05) is 23.3 Å². The van der Waals surface area contributed by atoms with Gasteiger partial charge in [0.1, 0.15) is 23.3 Å². The van der Waals surface area contributed by atoms with Gasteiger partial charge in [-0.1, -0.05) is 12.1 Å². The standard InChI is InChI=1S/C17H19FN4O2/c1-11-19-15(21-14-7-3-2-6-13(14)18)9-16(20-11)22-8-4-5-12(10-22)17(23)24/h2-3,6-7,9,12H,4-5,8,10H2,1H3,(H,23,24)(H,19,20,21). The number of nitrogens with one attached hydrogen (secondary N) is 1. The second-order valence-corrected chi connectivity index (χ2v) is 5.89. The Morgan fingerprint density at radius 1 is 1.38 bits per heavy atom. The number of nitrogens with zero attached hydrogens (tertiary/aromatic N) is 3. The molecule has 6 nitrogen and oxygen atoms in total. The van der Waals surface area contributed by atoms with Crippen LogP contribution in [0.1, 0.15) is 18.7 Å². The minimum atomic E-state index is -0.782. The fourth-order valence-electron chi connectivity index (χ4n) is 2.87. The van der Waals surface area contributed by atoms with Crippen molar-refractivity contribution in [1.82, 2.24) is 9.97 Å². The Balaban J connectivity index is 1.84. The first-order valence-corrected chi connectivity index (χ1v) is 7.88. The van der Waals surface area contributed by atoms with Gasteiger partial charge in [0.2, 0.25) is 0 Å². The van der Waals surface area contributed by atoms with E-state index in [2.05, 4.69) is 15.3 Å². The zero-order valence-corrected chi connectivity index (χ0v) is 13.4. The summed E-state index contributed by atoms with van der Waals surface area (Å²) in [6.07, 6.45) is 1.48. The summed E-state index contributed by atoms with van der Waals surface area (Å²) in [6.45, 7) is 2.93. The lowest BCUT2D eigenvalue weighted by Gasteiger charge is -2.31. The first-order valence-electron chi connectivity index (χ1n) is 7.88. The molecule has 3 rings (SSSR count). The lowest BCUT2D eigenvalue weighted by molar-refractivity contribution is -0.141. The molecule has 0 saturated carbocycles. The summed E-state index contributed by atoms with van der Waals surface area (Å²) in [5.41, 5.74) is 0.337. The highest BCUT2D eigenvalue weighted by molar-refractivity contribution is 5.71. The van der Waals surface area contributed by atoms with E-state index >= 15 is 0 Å². The largest absolute Gasteiger partial charge is 0.481 e. The third-order valence-corrected chi connectivity index (χ3v) is 4.06. The fraction of sp³-hybridized carbons (Fsp3) is 0.353. The predicted octanol–water partition coefficient (Wildman–Crippen LogP) is 2.97. The van der Waals surface area contributed by atoms with Crippen molar-refractivity contribution < 1.29 is 14.3 Å². The Hall–Kier alpha value is -2.70. The molecule has 1 aromatic carbocycles. The maximum atomic E-state index is 13.8. The molecule has 126 valence electrons. The summed E-state index contributed by atoms with van der Waals surface area (Å²) in [6, 6.07) is 8.09. The number of aryl methyl sites for hydroxylation is 1. The van der Waals surface area contributed by atoms with Crippen LogP contribution in [0, 0.1) is 18.7 Å². The van der Waals surface area contributed by atoms with Gasteiger partial charge in [0, 0.05) is 19.2 Å². The van der Waals surface area contributed by atoms with E-state index < -0.39 is 11.9 Å². The number of benzene rings is 1. The van der Waals surface area contributed by atoms with Gasteiger partial charge in [0.15, 0.2) is 0 Å². The maximum Gasteiger partial charge on any atom is 0.308 e. The second kappa shape index (κ2) is 6.82. The van der Waals surface area contributed by atoms with Gasteiger partial charge >= 0.3 is 5.97 Å². The molecule has 1 unspecified atom stereocenters. The molecule has 1 aliphatic heterocycles. The summed E-state index contributed by atoms with van der Waals surface area (Å²) >= 11 is 0. The van der Waals surface area contributed by atoms with Gasteiger partial charge in [-0.2, -0.15) is 0 Å². The molecule has 2 N–H and O–H groups in total. The van der Waals surface area contributed by atoms with E-state index in [1.807, 2.05) is 4.90 Å². The van der Waals surface area contributed by atoms with Gasteiger partial charge < -0.3 is 15.3 Å². The molecule has 0 radical (unpaired) electrons. The molecule has 0 amide bonds. The predicted molar refractivity (Wildman–Crippen MR) is 89.0 cm³/mol. The number of carbonyl (C=O) groups is 1. The molecule has 2 heterocycles. The van der Waals surface area contributed by atoms with Crippen molar-refractivity contribution in [2.24, 2.45) is 5.92 Å². The molecular formula is C17H19FN4O2. The molecule has 1 atom stereocenters. The molecule has 0 bridgehead atoms. The smallest absolute Gasteiger partial charge is 0.308 e. The van der Waals surface area contributed by atoms with E-state index in [1.54, 1.807) is 31.2 Å². The van der Waals surface area contributed by atoms with Crippen molar-refractivity contribution in [3.05, 3.63) is 42.0 Å². The number of piperidine rings is 1. The highest BCUT2D eigenvalue weighted by atomic mass is 19.1. The van der Waals surface area contributed by atoms with Gasteiger partial charge in [-0.3, -0.25) is 4.79 Å². The first kappa shape index (κ1) is 16.2. The van der Waals surface area contributed by atoms with Gasteiger partial charge in [-0.05, 0) is 31.9 Å². The Bertz CT molecular complexity index is 753. The summed E-state index contributed by atoms with van der Waals surface area (Å²) in [5.74, 6) is 0.155. The van der Waals surface area contributed by atoms with E-state index in [9.17, 15) is 14.3 Å². The molecule has 1 aromatic heterocycles. The van der Waals surface area contributed by atoms with Crippen LogP contribution in [0.2, 0.25) is 0 Å². The van der Waals surface area contributed by atoms with E-state index in [0.29, 0.717) is 36.1 Å². The minimum absolute atomic E-state index is 0.337. The number of hydrogen-bond acceptors (Lipinski definition) is 5. The number of rotatable bonds is 4. The van der Waals surface area contributed by atoms with Crippen LogP contribution < -0.4 is 10.2 Å². The maximum absolute atomic E-state index is 13.8. The third kappa shape index (κ3) is 3.61. The molecule has 2 aromatic rings. The zero-order valence-electron chi connectivity index (χ0n) is 13.4. The van der Waals surface area contributed by atoms with Crippen molar-refractivity contribution in [2.45, 2.75) is 19.8 Å². The Morgan fingerprint density at radius 3 is 2.92 bits per heavy atom. The number of aromatic nitrogens is 2. The lowest BCUT2D eigenvalue weighted by atomic mass is 9.98. The first-order chi connectivity index (χ1) is 11.5. The highest BCUT2D eigenvalue weighted by Crippen LogP contribution is 2.25. The van der Waals surface area contributed by atoms with Crippen molar-refractivity contribution in [3.8, 4) is 0 Å². The second-order valence-electron chi connectivity index (χ2n) is 5.89. The average Bonchev–Trinajstić information content (AvgIpc) is 2.56. The van der Waals surface area contributed by atoms with Crippen molar-refractivity contribution >= 4 is 23.3 Å². The van der Waals surface area contributed by atoms with Crippen LogP contribution in [0.15, 0.2) is 30.3 Å². The summed E-state index contributed by atoms with van der Waals surface area (Å²) in [7, 11) is 0. The molecule has 0 aliphatic carbocycles. The van der Waals surface area contributed by atoms with Gasteiger partial charge in [0.25, 0.3) is 0 Å². The summed E-state index contributed by atoms with van der Waals surface area (Å²) in [5, 5.41) is 12.2. The molecular weight excluding hydrogens is 311 g/mol. The normalized spacial score (nSPS) is 17.6. The number of para-hydroxylation sites is 1. The van der Waals surface area contributed by atoms with E-state index in [0.717, 1.165) is 13.0 Å². The Morgan fingerprint density at radius 2 is 2.17 bits per heavy atom. The molecule has 24 heavy (non-hydrogen) atoms. The molecule has 1 saturated heterocycles. The molecule has 1 fully saturated rings. The van der Waals surface area contributed by atoms with E-state index in [4.69, 9.17) is 0 Å². The van der Waals surface area contributed by atoms with Crippen LogP contribution in [0.4, 0.5) is 21.7 Å². The molecule has 1 aliphatic rings. The van der Waals surface area contributed by atoms with E-state index in [-0.39, 0.29) is 5.82 Å². The number of aliphatic carboxylic acids is 1. The van der Waals surface area contributed by atoms with Crippen LogP contribution in [0.5, 0.6) is 0 Å². The van der Waals surface area contributed by atoms with Crippen LogP contribution in [-0.4, -0.2) is 34.1 Å². The minimum Gasteiger partial charge on any atom is -0.481 e. The van der Waals surface area contributed by atoms with Gasteiger partial charge in [0.05, 0.1) is 11.6 Å². The zero-order chi connectivity index (χ0) is 17.1. The quantitative estimate of drug-likeness (QED) is 0.897. The molecule has 7 heteroatoms. The Kier molecular flexibility index (Phi) is 4.59. The topological polar surface area (TPSA) is 78.4 Å². The van der Waals surface area contributed by atoms with Crippen molar-refractivity contribution in [3.63, 3.8) is 0 Å². The Labute approximate surface area is 139 Å². The number of anilines is 3. The number of hydrogen-bond donors (Lipinski definition) is 2. The van der Waals surface area contributed by atoms with Gasteiger partial charge in [-0.25, -0.2) is 14.4 Å².